The lowest BCUT2D eigenvalue weighted by molar-refractivity contribution is -0.137. The molecular weight excluding hydrogens is 371 g/mol. The van der Waals surface area contributed by atoms with Gasteiger partial charge >= 0.3 is 6.18 Å². The van der Waals surface area contributed by atoms with Crippen LogP contribution in [0.1, 0.15) is 53.0 Å². The van der Waals surface area contributed by atoms with E-state index in [-0.39, 0.29) is 17.2 Å². The number of rotatable bonds is 7. The van der Waals surface area contributed by atoms with Crippen molar-refractivity contribution < 1.29 is 22.8 Å². The van der Waals surface area contributed by atoms with Gasteiger partial charge in [0.25, 0.3) is 11.8 Å². The Morgan fingerprint density at radius 1 is 1.00 bits per heavy atom. The van der Waals surface area contributed by atoms with Crippen LogP contribution in [0.3, 0.4) is 0 Å². The molecule has 1 N–H and O–H groups in total. The summed E-state index contributed by atoms with van der Waals surface area (Å²) in [5.41, 5.74) is -0.138. The second-order valence-corrected chi connectivity index (χ2v) is 6.28. The minimum Gasteiger partial charge on any atom is -0.339 e. The Hall–Kier alpha value is -2.90. The molecule has 0 aliphatic heterocycles. The Morgan fingerprint density at radius 3 is 2.11 bits per heavy atom. The van der Waals surface area contributed by atoms with Crippen molar-refractivity contribution in [3.8, 4) is 0 Å². The van der Waals surface area contributed by atoms with Crippen molar-refractivity contribution in [2.45, 2.75) is 32.9 Å². The average Bonchev–Trinajstić information content (AvgIpc) is 2.67. The summed E-state index contributed by atoms with van der Waals surface area (Å²) >= 11 is 0. The molecule has 0 saturated heterocycles. The highest BCUT2D eigenvalue weighted by molar-refractivity contribution is 6.05. The van der Waals surface area contributed by atoms with Gasteiger partial charge in [0.15, 0.2) is 0 Å². The van der Waals surface area contributed by atoms with Crippen molar-refractivity contribution in [3.05, 3.63) is 59.4 Å². The van der Waals surface area contributed by atoms with Gasteiger partial charge in [-0.15, -0.1) is 0 Å². The third-order valence-electron chi connectivity index (χ3n) is 3.99. The zero-order valence-electron chi connectivity index (χ0n) is 15.7. The molecule has 0 unspecified atom stereocenters. The molecule has 8 heteroatoms. The molecule has 0 fully saturated rings. The van der Waals surface area contributed by atoms with Crippen molar-refractivity contribution in [2.24, 2.45) is 0 Å². The number of hydrogen-bond acceptors (Lipinski definition) is 3. The van der Waals surface area contributed by atoms with Crippen LogP contribution in [0.15, 0.2) is 42.7 Å². The highest BCUT2D eigenvalue weighted by atomic mass is 19.4. The molecule has 0 bridgehead atoms. The van der Waals surface area contributed by atoms with E-state index >= 15 is 0 Å². The minimum atomic E-state index is -4.44. The smallest absolute Gasteiger partial charge is 0.339 e. The van der Waals surface area contributed by atoms with Gasteiger partial charge in [-0.05, 0) is 43.2 Å². The van der Waals surface area contributed by atoms with E-state index in [2.05, 4.69) is 10.3 Å². The Bertz CT molecular complexity index is 814. The molecule has 2 rings (SSSR count). The van der Waals surface area contributed by atoms with E-state index in [9.17, 15) is 22.8 Å². The van der Waals surface area contributed by atoms with Crippen LogP contribution in [-0.4, -0.2) is 34.8 Å². The monoisotopic (exact) mass is 393 g/mol. The quantitative estimate of drug-likeness (QED) is 0.747. The van der Waals surface area contributed by atoms with Crippen molar-refractivity contribution in [1.29, 1.82) is 0 Å². The van der Waals surface area contributed by atoms with E-state index < -0.39 is 17.6 Å². The maximum absolute atomic E-state index is 12.6. The van der Waals surface area contributed by atoms with E-state index in [0.29, 0.717) is 18.7 Å². The van der Waals surface area contributed by atoms with Gasteiger partial charge in [0.05, 0.1) is 16.7 Å². The minimum absolute atomic E-state index is 0.152. The first-order chi connectivity index (χ1) is 13.3. The topological polar surface area (TPSA) is 62.3 Å². The Balaban J connectivity index is 2.14. The number of pyridine rings is 1. The highest BCUT2D eigenvalue weighted by Crippen LogP contribution is 2.29. The molecule has 1 aromatic heterocycles. The fraction of sp³-hybridized carbons (Fsp3) is 0.350. The first-order valence-corrected chi connectivity index (χ1v) is 8.99. The maximum atomic E-state index is 12.6. The van der Waals surface area contributed by atoms with E-state index in [4.69, 9.17) is 0 Å². The van der Waals surface area contributed by atoms with Crippen LogP contribution in [0.5, 0.6) is 0 Å². The molecule has 2 aromatic rings. The Kier molecular flexibility index (Phi) is 7.14. The molecule has 28 heavy (non-hydrogen) atoms. The van der Waals surface area contributed by atoms with Crippen molar-refractivity contribution >= 4 is 17.5 Å². The van der Waals surface area contributed by atoms with Crippen LogP contribution in [-0.2, 0) is 6.18 Å². The molecule has 5 nitrogen and oxygen atoms in total. The molecule has 0 aliphatic carbocycles. The number of benzene rings is 1. The van der Waals surface area contributed by atoms with Gasteiger partial charge in [-0.1, -0.05) is 13.8 Å². The first-order valence-electron chi connectivity index (χ1n) is 8.99. The summed E-state index contributed by atoms with van der Waals surface area (Å²) < 4.78 is 37.8. The van der Waals surface area contributed by atoms with E-state index in [1.54, 1.807) is 4.90 Å². The van der Waals surface area contributed by atoms with E-state index in [0.717, 1.165) is 25.0 Å². The summed E-state index contributed by atoms with van der Waals surface area (Å²) in [4.78, 5) is 30.7. The summed E-state index contributed by atoms with van der Waals surface area (Å²) in [6.07, 6.45) is -0.111. The second kappa shape index (κ2) is 9.34. The van der Waals surface area contributed by atoms with Crippen molar-refractivity contribution in [1.82, 2.24) is 9.88 Å². The molecule has 2 amide bonds. The van der Waals surface area contributed by atoms with Gasteiger partial charge in [0.2, 0.25) is 0 Å². The lowest BCUT2D eigenvalue weighted by Gasteiger charge is -2.21. The number of amides is 2. The number of halogens is 3. The van der Waals surface area contributed by atoms with Gasteiger partial charge in [0.1, 0.15) is 0 Å². The van der Waals surface area contributed by atoms with Crippen LogP contribution in [0.4, 0.5) is 18.9 Å². The van der Waals surface area contributed by atoms with Gasteiger partial charge < -0.3 is 10.2 Å². The highest BCUT2D eigenvalue weighted by Gasteiger charge is 2.30. The third-order valence-corrected chi connectivity index (χ3v) is 3.99. The van der Waals surface area contributed by atoms with Crippen molar-refractivity contribution in [2.75, 3.05) is 18.4 Å². The summed E-state index contributed by atoms with van der Waals surface area (Å²) in [5, 5.41) is 2.51. The zero-order valence-corrected chi connectivity index (χ0v) is 15.7. The summed E-state index contributed by atoms with van der Waals surface area (Å²) in [6, 6.07) is 5.57. The SMILES string of the molecule is CCCN(CCC)C(=O)c1cncc(C(=O)Nc2ccc(C(F)(F)F)cc2)c1. The second-order valence-electron chi connectivity index (χ2n) is 6.28. The summed E-state index contributed by atoms with van der Waals surface area (Å²) in [6.45, 7) is 5.16. The zero-order chi connectivity index (χ0) is 20.7. The maximum Gasteiger partial charge on any atom is 0.416 e. The number of hydrogen-bond donors (Lipinski definition) is 1. The van der Waals surface area contributed by atoms with E-state index in [1.165, 1.54) is 30.6 Å². The number of carbonyl (C=O) groups excluding carboxylic acids is 2. The van der Waals surface area contributed by atoms with Crippen LogP contribution in [0.2, 0.25) is 0 Å². The molecule has 0 spiro atoms. The summed E-state index contributed by atoms with van der Waals surface area (Å²) in [5.74, 6) is -0.764. The number of anilines is 1. The molecular formula is C20H22F3N3O2. The molecule has 0 aliphatic rings. The standard InChI is InChI=1S/C20H22F3N3O2/c1-3-9-26(10-4-2)19(28)15-11-14(12-24-13-15)18(27)25-17-7-5-16(6-8-17)20(21,22)23/h5-8,11-13H,3-4,9-10H2,1-2H3,(H,25,27). The first kappa shape index (κ1) is 21.4. The molecule has 0 radical (unpaired) electrons. The van der Waals surface area contributed by atoms with Gasteiger partial charge in [-0.25, -0.2) is 0 Å². The largest absolute Gasteiger partial charge is 0.416 e. The molecule has 0 atom stereocenters. The van der Waals surface area contributed by atoms with Crippen LogP contribution < -0.4 is 5.32 Å². The molecule has 0 saturated carbocycles. The van der Waals surface area contributed by atoms with Crippen LogP contribution in [0.25, 0.3) is 0 Å². The molecule has 150 valence electrons. The van der Waals surface area contributed by atoms with Gasteiger partial charge in [-0.2, -0.15) is 13.2 Å². The number of aromatic nitrogens is 1. The molecule has 1 heterocycles. The number of alkyl halides is 3. The Morgan fingerprint density at radius 2 is 1.57 bits per heavy atom. The third kappa shape index (κ3) is 5.55. The van der Waals surface area contributed by atoms with Crippen molar-refractivity contribution in [3.63, 3.8) is 0 Å². The predicted octanol–water partition coefficient (Wildman–Crippen LogP) is 4.61. The summed E-state index contributed by atoms with van der Waals surface area (Å²) in [7, 11) is 0. The van der Waals surface area contributed by atoms with Crippen LogP contribution >= 0.6 is 0 Å². The average molecular weight is 393 g/mol. The van der Waals surface area contributed by atoms with Crippen LogP contribution in [0, 0.1) is 0 Å². The number of carbonyl (C=O) groups is 2. The lowest BCUT2D eigenvalue weighted by atomic mass is 10.1. The lowest BCUT2D eigenvalue weighted by Crippen LogP contribution is -2.32. The van der Waals surface area contributed by atoms with E-state index in [1.807, 2.05) is 13.8 Å². The fourth-order valence-corrected chi connectivity index (χ4v) is 2.66. The Labute approximate surface area is 161 Å². The normalized spacial score (nSPS) is 11.2. The predicted molar refractivity (Wildman–Crippen MR) is 100 cm³/mol. The van der Waals surface area contributed by atoms with Gasteiger partial charge in [0, 0.05) is 31.2 Å². The van der Waals surface area contributed by atoms with Gasteiger partial charge in [-0.3, -0.25) is 14.6 Å². The molecule has 1 aromatic carbocycles. The number of nitrogens with zero attached hydrogens (tertiary/aromatic N) is 2. The fourth-order valence-electron chi connectivity index (χ4n) is 2.66. The number of nitrogens with one attached hydrogen (secondary N) is 1.